The maximum Gasteiger partial charge on any atom is 0.325 e. The first-order valence-electron chi connectivity index (χ1n) is 6.02. The van der Waals surface area contributed by atoms with Crippen LogP contribution in [0.25, 0.3) is 0 Å². The van der Waals surface area contributed by atoms with Gasteiger partial charge in [0, 0.05) is 5.54 Å². The molecule has 3 heteroatoms. The predicted octanol–water partition coefficient (Wildman–Crippen LogP) is 2.98. The van der Waals surface area contributed by atoms with Crippen LogP contribution in [0.3, 0.4) is 0 Å². The first kappa shape index (κ1) is 13.7. The van der Waals surface area contributed by atoms with Crippen molar-refractivity contribution in [3.05, 3.63) is 35.9 Å². The standard InChI is InChI=1S/C14H21NO2/c1-4-10-14(2,3)15-12(13(16)17)11-8-6-5-7-9-11/h5-9,12,15H,4,10H2,1-3H3,(H,16,17). The summed E-state index contributed by atoms with van der Waals surface area (Å²) in [5.41, 5.74) is 0.623. The van der Waals surface area contributed by atoms with E-state index in [-0.39, 0.29) is 5.54 Å². The van der Waals surface area contributed by atoms with Crippen LogP contribution in [0.1, 0.15) is 45.2 Å². The molecule has 0 amide bonds. The minimum atomic E-state index is -0.833. The molecule has 0 fully saturated rings. The summed E-state index contributed by atoms with van der Waals surface area (Å²) in [6.45, 7) is 6.17. The summed E-state index contributed by atoms with van der Waals surface area (Å²) in [5.74, 6) is -0.833. The molecule has 0 aliphatic carbocycles. The summed E-state index contributed by atoms with van der Waals surface area (Å²) in [5, 5.41) is 12.5. The molecule has 1 aromatic rings. The molecule has 0 radical (unpaired) electrons. The highest BCUT2D eigenvalue weighted by Crippen LogP contribution is 2.20. The average molecular weight is 235 g/mol. The van der Waals surface area contributed by atoms with E-state index < -0.39 is 12.0 Å². The molecule has 0 spiro atoms. The van der Waals surface area contributed by atoms with E-state index in [1.54, 1.807) is 0 Å². The largest absolute Gasteiger partial charge is 0.480 e. The van der Waals surface area contributed by atoms with Gasteiger partial charge in [0.05, 0.1) is 0 Å². The molecule has 1 atom stereocenters. The van der Waals surface area contributed by atoms with Gasteiger partial charge in [-0.15, -0.1) is 0 Å². The third-order valence-electron chi connectivity index (χ3n) is 2.79. The van der Waals surface area contributed by atoms with Crippen LogP contribution < -0.4 is 5.32 Å². The van der Waals surface area contributed by atoms with Crippen molar-refractivity contribution in [3.63, 3.8) is 0 Å². The normalized spacial score (nSPS) is 13.4. The highest BCUT2D eigenvalue weighted by molar-refractivity contribution is 5.75. The zero-order valence-corrected chi connectivity index (χ0v) is 10.7. The molecular formula is C14H21NO2. The second kappa shape index (κ2) is 5.82. The van der Waals surface area contributed by atoms with E-state index in [1.807, 2.05) is 44.2 Å². The first-order chi connectivity index (χ1) is 7.96. The van der Waals surface area contributed by atoms with Gasteiger partial charge in [-0.3, -0.25) is 10.1 Å². The van der Waals surface area contributed by atoms with Crippen LogP contribution in [0.5, 0.6) is 0 Å². The van der Waals surface area contributed by atoms with Crippen LogP contribution in [0.2, 0.25) is 0 Å². The van der Waals surface area contributed by atoms with E-state index >= 15 is 0 Å². The highest BCUT2D eigenvalue weighted by atomic mass is 16.4. The Hall–Kier alpha value is -1.35. The second-order valence-corrected chi connectivity index (χ2v) is 4.96. The van der Waals surface area contributed by atoms with Crippen LogP contribution in [0.4, 0.5) is 0 Å². The molecule has 0 saturated heterocycles. The lowest BCUT2D eigenvalue weighted by Gasteiger charge is -2.30. The van der Waals surface area contributed by atoms with E-state index in [2.05, 4.69) is 12.2 Å². The summed E-state index contributed by atoms with van der Waals surface area (Å²) < 4.78 is 0. The van der Waals surface area contributed by atoms with E-state index in [0.29, 0.717) is 0 Å². The zero-order valence-electron chi connectivity index (χ0n) is 10.7. The first-order valence-corrected chi connectivity index (χ1v) is 6.02. The fraction of sp³-hybridized carbons (Fsp3) is 0.500. The lowest BCUT2D eigenvalue weighted by Crippen LogP contribution is -2.44. The smallest absolute Gasteiger partial charge is 0.325 e. The Morgan fingerprint density at radius 2 is 1.94 bits per heavy atom. The summed E-state index contributed by atoms with van der Waals surface area (Å²) in [6.07, 6.45) is 1.98. The molecule has 0 aliphatic rings. The monoisotopic (exact) mass is 235 g/mol. The Bertz CT molecular complexity index is 360. The molecule has 1 aromatic carbocycles. The SMILES string of the molecule is CCCC(C)(C)NC(C(=O)O)c1ccccc1. The van der Waals surface area contributed by atoms with Crippen LogP contribution in [0.15, 0.2) is 30.3 Å². The predicted molar refractivity (Wildman–Crippen MR) is 68.9 cm³/mol. The summed E-state index contributed by atoms with van der Waals surface area (Å²) in [4.78, 5) is 11.3. The van der Waals surface area contributed by atoms with Crippen molar-refractivity contribution in [2.45, 2.75) is 45.2 Å². The van der Waals surface area contributed by atoms with Crippen LogP contribution in [-0.2, 0) is 4.79 Å². The molecule has 0 bridgehead atoms. The Labute approximate surface area is 103 Å². The molecule has 0 heterocycles. The Kier molecular flexibility index (Phi) is 4.70. The van der Waals surface area contributed by atoms with Gasteiger partial charge in [-0.05, 0) is 25.8 Å². The fourth-order valence-electron chi connectivity index (χ4n) is 2.02. The maximum atomic E-state index is 11.3. The Morgan fingerprint density at radius 3 is 2.41 bits per heavy atom. The molecule has 1 rings (SSSR count). The summed E-state index contributed by atoms with van der Waals surface area (Å²) >= 11 is 0. The molecular weight excluding hydrogens is 214 g/mol. The third kappa shape index (κ3) is 4.19. The number of rotatable bonds is 6. The van der Waals surface area contributed by atoms with Gasteiger partial charge >= 0.3 is 5.97 Å². The van der Waals surface area contributed by atoms with Crippen LogP contribution in [0, 0.1) is 0 Å². The van der Waals surface area contributed by atoms with Crippen molar-refractivity contribution in [1.82, 2.24) is 5.32 Å². The van der Waals surface area contributed by atoms with Gasteiger partial charge in [0.1, 0.15) is 6.04 Å². The van der Waals surface area contributed by atoms with E-state index in [1.165, 1.54) is 0 Å². The number of carboxylic acid groups (broad SMARTS) is 1. The average Bonchev–Trinajstić information content (AvgIpc) is 2.27. The summed E-state index contributed by atoms with van der Waals surface area (Å²) in [7, 11) is 0. The second-order valence-electron chi connectivity index (χ2n) is 4.96. The lowest BCUT2D eigenvalue weighted by molar-refractivity contribution is -0.140. The number of hydrogen-bond acceptors (Lipinski definition) is 2. The lowest BCUT2D eigenvalue weighted by atomic mass is 9.95. The van der Waals surface area contributed by atoms with Crippen molar-refractivity contribution in [1.29, 1.82) is 0 Å². The zero-order chi connectivity index (χ0) is 12.9. The minimum Gasteiger partial charge on any atom is -0.480 e. The molecule has 0 aliphatic heterocycles. The quantitative estimate of drug-likeness (QED) is 0.797. The summed E-state index contributed by atoms with van der Waals surface area (Å²) in [6, 6.07) is 8.65. The topological polar surface area (TPSA) is 49.3 Å². The van der Waals surface area contributed by atoms with Crippen molar-refractivity contribution in [2.24, 2.45) is 0 Å². The van der Waals surface area contributed by atoms with Gasteiger partial charge in [-0.25, -0.2) is 0 Å². The van der Waals surface area contributed by atoms with Gasteiger partial charge in [-0.2, -0.15) is 0 Å². The van der Waals surface area contributed by atoms with Crippen molar-refractivity contribution in [2.75, 3.05) is 0 Å². The fourth-order valence-corrected chi connectivity index (χ4v) is 2.02. The van der Waals surface area contributed by atoms with E-state index in [4.69, 9.17) is 0 Å². The van der Waals surface area contributed by atoms with Gasteiger partial charge < -0.3 is 5.11 Å². The molecule has 3 nitrogen and oxygen atoms in total. The highest BCUT2D eigenvalue weighted by Gasteiger charge is 2.26. The Morgan fingerprint density at radius 1 is 1.35 bits per heavy atom. The molecule has 0 saturated carbocycles. The van der Waals surface area contributed by atoms with Gasteiger partial charge in [0.25, 0.3) is 0 Å². The van der Waals surface area contributed by atoms with Crippen molar-refractivity contribution in [3.8, 4) is 0 Å². The van der Waals surface area contributed by atoms with Crippen LogP contribution in [-0.4, -0.2) is 16.6 Å². The molecule has 1 unspecified atom stereocenters. The molecule has 2 N–H and O–H groups in total. The number of aliphatic carboxylic acids is 1. The van der Waals surface area contributed by atoms with E-state index in [0.717, 1.165) is 18.4 Å². The number of carboxylic acids is 1. The maximum absolute atomic E-state index is 11.3. The molecule has 0 aromatic heterocycles. The Balaban J connectivity index is 2.85. The third-order valence-corrected chi connectivity index (χ3v) is 2.79. The molecule has 94 valence electrons. The van der Waals surface area contributed by atoms with Gasteiger partial charge in [0.15, 0.2) is 0 Å². The van der Waals surface area contributed by atoms with E-state index in [9.17, 15) is 9.90 Å². The van der Waals surface area contributed by atoms with Gasteiger partial charge in [0.2, 0.25) is 0 Å². The number of nitrogens with one attached hydrogen (secondary N) is 1. The molecule has 17 heavy (non-hydrogen) atoms. The van der Waals surface area contributed by atoms with Crippen molar-refractivity contribution >= 4 is 5.97 Å². The number of carbonyl (C=O) groups is 1. The van der Waals surface area contributed by atoms with Crippen molar-refractivity contribution < 1.29 is 9.90 Å². The number of hydrogen-bond donors (Lipinski definition) is 2. The minimum absolute atomic E-state index is 0.173. The van der Waals surface area contributed by atoms with Gasteiger partial charge in [-0.1, -0.05) is 43.7 Å². The van der Waals surface area contributed by atoms with Crippen LogP contribution >= 0.6 is 0 Å². The number of benzene rings is 1.